The second-order valence-corrected chi connectivity index (χ2v) is 6.36. The lowest BCUT2D eigenvalue weighted by molar-refractivity contribution is 0.0516. The Balaban J connectivity index is 1.73. The zero-order valence-corrected chi connectivity index (χ0v) is 13.1. The van der Waals surface area contributed by atoms with E-state index in [1.807, 2.05) is 4.68 Å². The van der Waals surface area contributed by atoms with Gasteiger partial charge in [-0.2, -0.15) is 5.10 Å². The number of ether oxygens (including phenoxy) is 1. The van der Waals surface area contributed by atoms with E-state index in [1.165, 1.54) is 17.8 Å². The first kappa shape index (κ1) is 14.4. The van der Waals surface area contributed by atoms with Crippen molar-refractivity contribution in [3.8, 4) is 0 Å². The van der Waals surface area contributed by atoms with Gasteiger partial charge in [0.2, 0.25) is 0 Å². The van der Waals surface area contributed by atoms with Crippen LogP contribution in [0, 0.1) is 5.82 Å². The molecule has 2 atom stereocenters. The standard InChI is InChI=1S/C18H19FN2O2/c1-2-23-18(22)16-15-12-5-6-13(9-12)17(15)21(20-16)10-11-3-7-14(19)8-4-11/h3-4,7-8,12-13H,2,5-6,9-10H2,1H3. The minimum atomic E-state index is -0.325. The maximum atomic E-state index is 13.1. The summed E-state index contributed by atoms with van der Waals surface area (Å²) >= 11 is 0. The molecule has 1 saturated carbocycles. The third-order valence-corrected chi connectivity index (χ3v) is 4.97. The molecule has 2 aliphatic carbocycles. The van der Waals surface area contributed by atoms with Crippen molar-refractivity contribution in [1.82, 2.24) is 9.78 Å². The molecule has 1 heterocycles. The van der Waals surface area contributed by atoms with Gasteiger partial charge in [-0.15, -0.1) is 0 Å². The highest BCUT2D eigenvalue weighted by atomic mass is 19.1. The van der Waals surface area contributed by atoms with Gasteiger partial charge >= 0.3 is 5.97 Å². The van der Waals surface area contributed by atoms with E-state index >= 15 is 0 Å². The van der Waals surface area contributed by atoms with Crippen LogP contribution in [-0.2, 0) is 11.3 Å². The van der Waals surface area contributed by atoms with Crippen LogP contribution in [-0.4, -0.2) is 22.4 Å². The van der Waals surface area contributed by atoms with Crippen LogP contribution in [0.5, 0.6) is 0 Å². The first-order valence-electron chi connectivity index (χ1n) is 8.19. The normalized spacial score (nSPS) is 21.5. The maximum absolute atomic E-state index is 13.1. The molecular weight excluding hydrogens is 295 g/mol. The highest BCUT2D eigenvalue weighted by molar-refractivity contribution is 5.90. The van der Waals surface area contributed by atoms with Gasteiger partial charge in [-0.1, -0.05) is 12.1 Å². The smallest absolute Gasteiger partial charge is 0.359 e. The van der Waals surface area contributed by atoms with E-state index in [2.05, 4.69) is 5.10 Å². The fourth-order valence-electron chi connectivity index (χ4n) is 4.05. The highest BCUT2D eigenvalue weighted by Crippen LogP contribution is 2.54. The summed E-state index contributed by atoms with van der Waals surface area (Å²) in [4.78, 5) is 12.2. The number of rotatable bonds is 4. The Kier molecular flexibility index (Phi) is 3.43. The highest BCUT2D eigenvalue weighted by Gasteiger charge is 2.44. The van der Waals surface area contributed by atoms with Gasteiger partial charge in [0.25, 0.3) is 0 Å². The van der Waals surface area contributed by atoms with E-state index in [1.54, 1.807) is 19.1 Å². The van der Waals surface area contributed by atoms with Crippen molar-refractivity contribution < 1.29 is 13.9 Å². The Labute approximate surface area is 134 Å². The van der Waals surface area contributed by atoms with E-state index in [4.69, 9.17) is 4.74 Å². The fraction of sp³-hybridized carbons (Fsp3) is 0.444. The van der Waals surface area contributed by atoms with Crippen LogP contribution in [0.25, 0.3) is 0 Å². The van der Waals surface area contributed by atoms with Gasteiger partial charge in [-0.25, -0.2) is 9.18 Å². The number of aromatic nitrogens is 2. The van der Waals surface area contributed by atoms with Crippen molar-refractivity contribution in [2.75, 3.05) is 6.61 Å². The summed E-state index contributed by atoms with van der Waals surface area (Å²) in [5, 5.41) is 4.56. The molecule has 0 amide bonds. The molecule has 0 radical (unpaired) electrons. The molecule has 2 bridgehead atoms. The molecule has 4 rings (SSSR count). The summed E-state index contributed by atoms with van der Waals surface area (Å²) in [7, 11) is 0. The Bertz CT molecular complexity index is 751. The Morgan fingerprint density at radius 3 is 2.78 bits per heavy atom. The van der Waals surface area contributed by atoms with Crippen LogP contribution < -0.4 is 0 Å². The van der Waals surface area contributed by atoms with Crippen LogP contribution in [0.2, 0.25) is 0 Å². The summed E-state index contributed by atoms with van der Waals surface area (Å²) in [5.74, 6) is 0.363. The molecule has 0 spiro atoms. The monoisotopic (exact) mass is 314 g/mol. The lowest BCUT2D eigenvalue weighted by Gasteiger charge is -2.14. The second kappa shape index (κ2) is 5.48. The lowest BCUT2D eigenvalue weighted by Crippen LogP contribution is -2.10. The van der Waals surface area contributed by atoms with Gasteiger partial charge in [-0.05, 0) is 49.8 Å². The average Bonchev–Trinajstić information content (AvgIpc) is 3.22. The summed E-state index contributed by atoms with van der Waals surface area (Å²) in [6.07, 6.45) is 3.41. The SMILES string of the molecule is CCOC(=O)c1nn(Cc2ccc(F)cc2)c2c1C1CCC2C1. The number of esters is 1. The predicted molar refractivity (Wildman–Crippen MR) is 83.0 cm³/mol. The zero-order valence-electron chi connectivity index (χ0n) is 13.1. The Morgan fingerprint density at radius 2 is 2.04 bits per heavy atom. The molecule has 2 unspecified atom stereocenters. The summed E-state index contributed by atoms with van der Waals surface area (Å²) in [6.45, 7) is 2.72. The summed E-state index contributed by atoms with van der Waals surface area (Å²) in [6, 6.07) is 6.44. The number of carbonyl (C=O) groups is 1. The van der Waals surface area contributed by atoms with E-state index in [0.717, 1.165) is 30.4 Å². The minimum Gasteiger partial charge on any atom is -0.461 e. The lowest BCUT2D eigenvalue weighted by atomic mass is 9.95. The Morgan fingerprint density at radius 1 is 1.30 bits per heavy atom. The number of carbonyl (C=O) groups excluding carboxylic acids is 1. The number of fused-ring (bicyclic) bond motifs is 5. The van der Waals surface area contributed by atoms with Gasteiger partial charge in [0.05, 0.1) is 13.2 Å². The molecule has 0 saturated heterocycles. The molecule has 0 aliphatic heterocycles. The second-order valence-electron chi connectivity index (χ2n) is 6.36. The van der Waals surface area contributed by atoms with Crippen molar-refractivity contribution in [3.63, 3.8) is 0 Å². The van der Waals surface area contributed by atoms with Gasteiger partial charge in [0.15, 0.2) is 5.69 Å². The van der Waals surface area contributed by atoms with E-state index < -0.39 is 0 Å². The van der Waals surface area contributed by atoms with Crippen molar-refractivity contribution in [3.05, 3.63) is 52.6 Å². The van der Waals surface area contributed by atoms with Crippen molar-refractivity contribution in [2.24, 2.45) is 0 Å². The predicted octanol–water partition coefficient (Wildman–Crippen LogP) is 3.61. The van der Waals surface area contributed by atoms with Gasteiger partial charge < -0.3 is 4.74 Å². The summed E-state index contributed by atoms with van der Waals surface area (Å²) in [5.41, 5.74) is 3.75. The number of hydrogen-bond acceptors (Lipinski definition) is 3. The molecule has 5 heteroatoms. The van der Waals surface area contributed by atoms with Crippen molar-refractivity contribution in [2.45, 2.75) is 44.6 Å². The molecule has 0 N–H and O–H groups in total. The quantitative estimate of drug-likeness (QED) is 0.810. The van der Waals surface area contributed by atoms with Crippen LogP contribution in [0.4, 0.5) is 4.39 Å². The molecule has 1 fully saturated rings. The van der Waals surface area contributed by atoms with Crippen molar-refractivity contribution >= 4 is 5.97 Å². The first-order valence-corrected chi connectivity index (χ1v) is 8.19. The summed E-state index contributed by atoms with van der Waals surface area (Å²) < 4.78 is 20.2. The topological polar surface area (TPSA) is 44.1 Å². The Hall–Kier alpha value is -2.17. The molecule has 2 aliphatic rings. The molecule has 4 nitrogen and oxygen atoms in total. The third-order valence-electron chi connectivity index (χ3n) is 4.97. The van der Waals surface area contributed by atoms with E-state index in [0.29, 0.717) is 30.7 Å². The third kappa shape index (κ3) is 2.35. The van der Waals surface area contributed by atoms with Crippen LogP contribution in [0.15, 0.2) is 24.3 Å². The molecule has 2 aromatic rings. The van der Waals surface area contributed by atoms with Crippen LogP contribution >= 0.6 is 0 Å². The fourth-order valence-corrected chi connectivity index (χ4v) is 4.05. The molecule has 1 aromatic carbocycles. The molecule has 1 aromatic heterocycles. The number of nitrogens with zero attached hydrogens (tertiary/aromatic N) is 2. The largest absolute Gasteiger partial charge is 0.461 e. The van der Waals surface area contributed by atoms with Gasteiger partial charge in [-0.3, -0.25) is 4.68 Å². The van der Waals surface area contributed by atoms with Crippen LogP contribution in [0.3, 0.4) is 0 Å². The minimum absolute atomic E-state index is 0.245. The van der Waals surface area contributed by atoms with E-state index in [9.17, 15) is 9.18 Å². The molecule has 120 valence electrons. The van der Waals surface area contributed by atoms with E-state index in [-0.39, 0.29) is 11.8 Å². The first-order chi connectivity index (χ1) is 11.2. The molecule has 23 heavy (non-hydrogen) atoms. The van der Waals surface area contributed by atoms with Crippen molar-refractivity contribution in [1.29, 1.82) is 0 Å². The number of halogens is 1. The average molecular weight is 314 g/mol. The van der Waals surface area contributed by atoms with Crippen LogP contribution in [0.1, 0.15) is 65.3 Å². The zero-order chi connectivity index (χ0) is 16.0. The number of benzene rings is 1. The molecular formula is C18H19FN2O2. The van der Waals surface area contributed by atoms with Gasteiger partial charge in [0.1, 0.15) is 5.82 Å². The number of hydrogen-bond donors (Lipinski definition) is 0. The van der Waals surface area contributed by atoms with Gasteiger partial charge in [0, 0.05) is 17.2 Å². The maximum Gasteiger partial charge on any atom is 0.359 e.